The molecule has 0 aliphatic rings. The molecule has 0 fully saturated rings. The zero-order valence-electron chi connectivity index (χ0n) is 15.3. The number of carbonyl (C=O) groups excluding carboxylic acids is 1. The van der Waals surface area contributed by atoms with Gasteiger partial charge in [0.1, 0.15) is 5.75 Å². The number of rotatable bonds is 10. The second kappa shape index (κ2) is 9.89. The van der Waals surface area contributed by atoms with Crippen LogP contribution in [0.25, 0.3) is 0 Å². The van der Waals surface area contributed by atoms with Crippen molar-refractivity contribution < 1.29 is 17.9 Å². The average Bonchev–Trinajstić information content (AvgIpc) is 2.68. The van der Waals surface area contributed by atoms with Crippen LogP contribution in [0.2, 0.25) is 0 Å². The molecule has 0 bridgehead atoms. The summed E-state index contributed by atoms with van der Waals surface area (Å²) in [7, 11) is -2.31. The summed E-state index contributed by atoms with van der Waals surface area (Å²) >= 11 is 0. The summed E-state index contributed by atoms with van der Waals surface area (Å²) < 4.78 is 31.8. The van der Waals surface area contributed by atoms with Crippen molar-refractivity contribution in [2.75, 3.05) is 26.7 Å². The summed E-state index contributed by atoms with van der Waals surface area (Å²) in [5.41, 5.74) is 1.10. The molecular weight excluding hydrogens is 364 g/mol. The Hall–Kier alpha value is -2.64. The van der Waals surface area contributed by atoms with E-state index >= 15 is 0 Å². The normalized spacial score (nSPS) is 11.2. The first-order chi connectivity index (χ1) is 13.0. The Bertz CT molecular complexity index is 849. The zero-order valence-corrected chi connectivity index (χ0v) is 16.1. The number of sulfonamides is 1. The standard InChI is InChI=1S/C20H24N2O4S/c1-3-15-22(27(24,25)19-11-9-18(26-2)10-12-19)16-20(23)21-14-13-17-7-5-4-6-8-17/h3-12H,1,13-16H2,2H3,(H,21,23). The van der Waals surface area contributed by atoms with Crippen LogP contribution in [0.4, 0.5) is 0 Å². The summed E-state index contributed by atoms with van der Waals surface area (Å²) in [6.45, 7) is 3.80. The van der Waals surface area contributed by atoms with Crippen molar-refractivity contribution in [3.8, 4) is 5.75 Å². The van der Waals surface area contributed by atoms with Crippen molar-refractivity contribution in [3.63, 3.8) is 0 Å². The first-order valence-corrected chi connectivity index (χ1v) is 9.97. The number of methoxy groups -OCH3 is 1. The number of hydrogen-bond donors (Lipinski definition) is 1. The minimum Gasteiger partial charge on any atom is -0.497 e. The number of amides is 1. The van der Waals surface area contributed by atoms with Crippen LogP contribution >= 0.6 is 0 Å². The maximum atomic E-state index is 12.8. The molecule has 0 saturated heterocycles. The van der Waals surface area contributed by atoms with Crippen molar-refractivity contribution in [3.05, 3.63) is 72.8 Å². The van der Waals surface area contributed by atoms with Gasteiger partial charge in [0, 0.05) is 13.1 Å². The van der Waals surface area contributed by atoms with Crippen molar-refractivity contribution in [2.24, 2.45) is 0 Å². The van der Waals surface area contributed by atoms with E-state index in [0.717, 1.165) is 9.87 Å². The third-order valence-corrected chi connectivity index (χ3v) is 5.75. The van der Waals surface area contributed by atoms with Gasteiger partial charge in [0.15, 0.2) is 0 Å². The fourth-order valence-corrected chi connectivity index (χ4v) is 3.86. The smallest absolute Gasteiger partial charge is 0.243 e. The Labute approximate surface area is 160 Å². The Morgan fingerprint density at radius 3 is 2.41 bits per heavy atom. The monoisotopic (exact) mass is 388 g/mol. The third-order valence-electron chi connectivity index (χ3n) is 3.93. The second-order valence-corrected chi connectivity index (χ2v) is 7.79. The molecule has 0 heterocycles. The van der Waals surface area contributed by atoms with Crippen LogP contribution in [-0.4, -0.2) is 45.4 Å². The first kappa shape index (κ1) is 20.7. The molecule has 2 rings (SSSR count). The van der Waals surface area contributed by atoms with E-state index < -0.39 is 10.0 Å². The van der Waals surface area contributed by atoms with Gasteiger partial charge in [-0.3, -0.25) is 4.79 Å². The van der Waals surface area contributed by atoms with Gasteiger partial charge in [0.2, 0.25) is 15.9 Å². The molecule has 0 atom stereocenters. The molecule has 2 aromatic rings. The molecule has 0 saturated carbocycles. The van der Waals surface area contributed by atoms with E-state index in [2.05, 4.69) is 11.9 Å². The molecule has 27 heavy (non-hydrogen) atoms. The molecule has 0 aliphatic heterocycles. The fraction of sp³-hybridized carbons (Fsp3) is 0.250. The molecule has 0 aliphatic carbocycles. The molecule has 7 heteroatoms. The summed E-state index contributed by atoms with van der Waals surface area (Å²) in [6, 6.07) is 15.8. The van der Waals surface area contributed by atoms with E-state index in [1.807, 2.05) is 30.3 Å². The van der Waals surface area contributed by atoms with Gasteiger partial charge in [0.25, 0.3) is 0 Å². The van der Waals surface area contributed by atoms with Crippen molar-refractivity contribution >= 4 is 15.9 Å². The van der Waals surface area contributed by atoms with E-state index in [4.69, 9.17) is 4.74 Å². The maximum Gasteiger partial charge on any atom is 0.243 e. The summed E-state index contributed by atoms with van der Waals surface area (Å²) in [6.07, 6.45) is 2.14. The SMILES string of the molecule is C=CCN(CC(=O)NCCc1ccccc1)S(=O)(=O)c1ccc(OC)cc1. The number of ether oxygens (including phenoxy) is 1. The quantitative estimate of drug-likeness (QED) is 0.634. The predicted molar refractivity (Wildman–Crippen MR) is 105 cm³/mol. The van der Waals surface area contributed by atoms with E-state index in [0.29, 0.717) is 18.7 Å². The van der Waals surface area contributed by atoms with Gasteiger partial charge in [-0.1, -0.05) is 36.4 Å². The number of benzene rings is 2. The van der Waals surface area contributed by atoms with Crippen LogP contribution in [0.1, 0.15) is 5.56 Å². The van der Waals surface area contributed by atoms with Gasteiger partial charge in [-0.05, 0) is 36.2 Å². The molecule has 144 valence electrons. The van der Waals surface area contributed by atoms with Gasteiger partial charge in [0.05, 0.1) is 18.6 Å². The highest BCUT2D eigenvalue weighted by molar-refractivity contribution is 7.89. The summed E-state index contributed by atoms with van der Waals surface area (Å²) in [4.78, 5) is 12.3. The van der Waals surface area contributed by atoms with Crippen LogP contribution in [0.3, 0.4) is 0 Å². The Morgan fingerprint density at radius 1 is 1.15 bits per heavy atom. The second-order valence-electron chi connectivity index (χ2n) is 5.85. The number of nitrogens with zero attached hydrogens (tertiary/aromatic N) is 1. The topological polar surface area (TPSA) is 75.7 Å². The predicted octanol–water partition coefficient (Wildman–Crippen LogP) is 2.23. The highest BCUT2D eigenvalue weighted by Crippen LogP contribution is 2.19. The van der Waals surface area contributed by atoms with Crippen molar-refractivity contribution in [1.82, 2.24) is 9.62 Å². The molecule has 0 aromatic heterocycles. The largest absolute Gasteiger partial charge is 0.497 e. The Balaban J connectivity index is 2.00. The van der Waals surface area contributed by atoms with E-state index in [9.17, 15) is 13.2 Å². The third kappa shape index (κ3) is 5.94. The number of nitrogens with one attached hydrogen (secondary N) is 1. The average molecular weight is 388 g/mol. The van der Waals surface area contributed by atoms with E-state index in [1.165, 1.54) is 25.3 Å². The molecule has 0 unspecified atom stereocenters. The lowest BCUT2D eigenvalue weighted by Gasteiger charge is -2.20. The van der Waals surface area contributed by atoms with Crippen molar-refractivity contribution in [1.29, 1.82) is 0 Å². The minimum absolute atomic E-state index is 0.0421. The molecule has 1 N–H and O–H groups in total. The minimum atomic E-state index is -3.81. The number of carbonyl (C=O) groups is 1. The van der Waals surface area contributed by atoms with E-state index in [-0.39, 0.29) is 23.9 Å². The van der Waals surface area contributed by atoms with Gasteiger partial charge >= 0.3 is 0 Å². The maximum absolute atomic E-state index is 12.8. The summed E-state index contributed by atoms with van der Waals surface area (Å²) in [5.74, 6) is 0.202. The fourth-order valence-electron chi connectivity index (χ4n) is 2.50. The molecule has 1 amide bonds. The van der Waals surface area contributed by atoms with Crippen LogP contribution in [-0.2, 0) is 21.2 Å². The van der Waals surface area contributed by atoms with E-state index in [1.54, 1.807) is 12.1 Å². The molecule has 0 spiro atoms. The van der Waals surface area contributed by atoms with Crippen LogP contribution in [0.15, 0.2) is 72.1 Å². The Morgan fingerprint density at radius 2 is 1.81 bits per heavy atom. The molecule has 2 aromatic carbocycles. The lowest BCUT2D eigenvalue weighted by molar-refractivity contribution is -0.121. The lowest BCUT2D eigenvalue weighted by Crippen LogP contribution is -2.41. The van der Waals surface area contributed by atoms with Gasteiger partial charge in [-0.15, -0.1) is 6.58 Å². The van der Waals surface area contributed by atoms with Crippen LogP contribution in [0, 0.1) is 0 Å². The number of hydrogen-bond acceptors (Lipinski definition) is 4. The van der Waals surface area contributed by atoms with Gasteiger partial charge in [-0.2, -0.15) is 4.31 Å². The highest BCUT2D eigenvalue weighted by atomic mass is 32.2. The zero-order chi connectivity index (χ0) is 19.7. The van der Waals surface area contributed by atoms with Gasteiger partial charge < -0.3 is 10.1 Å². The first-order valence-electron chi connectivity index (χ1n) is 8.53. The Kier molecular flexibility index (Phi) is 7.57. The van der Waals surface area contributed by atoms with Crippen molar-refractivity contribution in [2.45, 2.75) is 11.3 Å². The van der Waals surface area contributed by atoms with Gasteiger partial charge in [-0.25, -0.2) is 8.42 Å². The van der Waals surface area contributed by atoms with Crippen LogP contribution in [0.5, 0.6) is 5.75 Å². The molecule has 0 radical (unpaired) electrons. The highest BCUT2D eigenvalue weighted by Gasteiger charge is 2.25. The molecule has 6 nitrogen and oxygen atoms in total. The summed E-state index contributed by atoms with van der Waals surface area (Å²) in [5, 5.41) is 2.76. The van der Waals surface area contributed by atoms with Crippen LogP contribution < -0.4 is 10.1 Å². The lowest BCUT2D eigenvalue weighted by atomic mass is 10.1. The molecular formula is C20H24N2O4S.